The van der Waals surface area contributed by atoms with Crippen LogP contribution in [0.5, 0.6) is 0 Å². The van der Waals surface area contributed by atoms with Gasteiger partial charge in [-0.25, -0.2) is 4.98 Å². The Balaban J connectivity index is 1.17. The van der Waals surface area contributed by atoms with Crippen molar-refractivity contribution < 1.29 is 4.79 Å². The molecule has 1 fully saturated rings. The number of carbonyl (C=O) groups is 1. The number of amides is 1. The molecule has 1 N–H and O–H groups in total. The predicted molar refractivity (Wildman–Crippen MR) is 149 cm³/mol. The van der Waals surface area contributed by atoms with Crippen LogP contribution >= 0.6 is 22.9 Å². The van der Waals surface area contributed by atoms with E-state index in [2.05, 4.69) is 27.4 Å². The fourth-order valence-electron chi connectivity index (χ4n) is 4.41. The van der Waals surface area contributed by atoms with Gasteiger partial charge in [0.05, 0.1) is 5.01 Å². The van der Waals surface area contributed by atoms with Gasteiger partial charge in [-0.05, 0) is 67.4 Å². The van der Waals surface area contributed by atoms with Crippen molar-refractivity contribution in [2.24, 2.45) is 0 Å². The molecule has 0 radical (unpaired) electrons. The van der Waals surface area contributed by atoms with Gasteiger partial charge < -0.3 is 5.32 Å². The Bertz CT molecular complexity index is 1330. The quantitative estimate of drug-likeness (QED) is 0.288. The van der Waals surface area contributed by atoms with Gasteiger partial charge in [0.1, 0.15) is 5.69 Å². The SMILES string of the molecule is O=C(Nc1ccccc1-c1ccc(Cl)cc1)c1csc(C2CCN(CC=Cc3ccncc3)CC2)n1. The average molecular weight is 515 g/mol. The van der Waals surface area contributed by atoms with Gasteiger partial charge in [0.2, 0.25) is 0 Å². The minimum absolute atomic E-state index is 0.183. The number of halogens is 1. The van der Waals surface area contributed by atoms with Crippen LogP contribution in [0.1, 0.15) is 39.8 Å². The van der Waals surface area contributed by atoms with Gasteiger partial charge in [-0.1, -0.05) is 54.1 Å². The molecular weight excluding hydrogens is 488 g/mol. The molecule has 0 saturated carbocycles. The zero-order valence-electron chi connectivity index (χ0n) is 19.8. The van der Waals surface area contributed by atoms with Crippen molar-refractivity contribution in [3.8, 4) is 11.1 Å². The first-order valence-electron chi connectivity index (χ1n) is 12.1. The van der Waals surface area contributed by atoms with Crippen molar-refractivity contribution in [3.63, 3.8) is 0 Å². The summed E-state index contributed by atoms with van der Waals surface area (Å²) in [6.07, 6.45) is 10.1. The summed E-state index contributed by atoms with van der Waals surface area (Å²) in [6, 6.07) is 19.4. The van der Waals surface area contributed by atoms with E-state index in [0.717, 1.165) is 54.3 Å². The van der Waals surface area contributed by atoms with Gasteiger partial charge in [-0.2, -0.15) is 0 Å². The van der Waals surface area contributed by atoms with Crippen LogP contribution in [0.4, 0.5) is 5.69 Å². The molecule has 7 heteroatoms. The van der Waals surface area contributed by atoms with Gasteiger partial charge >= 0.3 is 0 Å². The minimum atomic E-state index is -0.183. The third kappa shape index (κ3) is 6.08. The number of nitrogens with one attached hydrogen (secondary N) is 1. The Labute approximate surface area is 220 Å². The van der Waals surface area contributed by atoms with Gasteiger partial charge in [0.25, 0.3) is 5.91 Å². The Morgan fingerprint density at radius 2 is 1.81 bits per heavy atom. The number of aromatic nitrogens is 2. The Morgan fingerprint density at radius 3 is 2.58 bits per heavy atom. The van der Waals surface area contributed by atoms with Crippen LogP contribution in [0.25, 0.3) is 17.2 Å². The summed E-state index contributed by atoms with van der Waals surface area (Å²) in [7, 11) is 0. The Hall–Kier alpha value is -3.32. The van der Waals surface area contributed by atoms with E-state index in [9.17, 15) is 4.79 Å². The first-order valence-corrected chi connectivity index (χ1v) is 13.3. The van der Waals surface area contributed by atoms with E-state index in [-0.39, 0.29) is 5.91 Å². The first-order chi connectivity index (χ1) is 17.7. The second kappa shape index (κ2) is 11.6. The number of piperidine rings is 1. The molecule has 0 bridgehead atoms. The second-order valence-electron chi connectivity index (χ2n) is 8.84. The smallest absolute Gasteiger partial charge is 0.275 e. The molecule has 5 rings (SSSR count). The maximum absolute atomic E-state index is 13.0. The molecular formula is C29H27ClN4OS. The summed E-state index contributed by atoms with van der Waals surface area (Å²) in [5.74, 6) is 0.218. The second-order valence-corrected chi connectivity index (χ2v) is 10.2. The highest BCUT2D eigenvalue weighted by atomic mass is 35.5. The Kier molecular flexibility index (Phi) is 7.86. The number of likely N-dealkylation sites (tertiary alicyclic amines) is 1. The van der Waals surface area contributed by atoms with Crippen LogP contribution in [0.15, 0.2) is 84.5 Å². The highest BCUT2D eigenvalue weighted by molar-refractivity contribution is 7.10. The lowest BCUT2D eigenvalue weighted by atomic mass is 9.97. The van der Waals surface area contributed by atoms with E-state index >= 15 is 0 Å². The van der Waals surface area contributed by atoms with Gasteiger partial charge in [0, 0.05) is 46.5 Å². The molecule has 0 spiro atoms. The molecule has 1 saturated heterocycles. The lowest BCUT2D eigenvalue weighted by Gasteiger charge is -2.30. The number of carbonyl (C=O) groups excluding carboxylic acids is 1. The van der Waals surface area contributed by atoms with Crippen LogP contribution in [0.2, 0.25) is 5.02 Å². The number of pyridine rings is 1. The van der Waals surface area contributed by atoms with Crippen molar-refractivity contribution in [3.05, 3.63) is 106 Å². The van der Waals surface area contributed by atoms with Crippen molar-refractivity contribution in [1.29, 1.82) is 0 Å². The van der Waals surface area contributed by atoms with Crippen LogP contribution in [-0.2, 0) is 0 Å². The summed E-state index contributed by atoms with van der Waals surface area (Å²) in [5, 5.41) is 6.66. The zero-order valence-corrected chi connectivity index (χ0v) is 21.4. The van der Waals surface area contributed by atoms with Crippen LogP contribution in [0.3, 0.4) is 0 Å². The number of anilines is 1. The molecule has 0 aliphatic carbocycles. The highest BCUT2D eigenvalue weighted by Gasteiger charge is 2.23. The molecule has 3 heterocycles. The van der Waals surface area contributed by atoms with E-state index in [1.807, 2.05) is 78.4 Å². The molecule has 1 amide bonds. The Morgan fingerprint density at radius 1 is 1.06 bits per heavy atom. The number of hydrogen-bond donors (Lipinski definition) is 1. The zero-order chi connectivity index (χ0) is 24.7. The number of nitrogens with zero attached hydrogens (tertiary/aromatic N) is 3. The number of benzene rings is 2. The van der Waals surface area contributed by atoms with Crippen molar-refractivity contribution >= 4 is 40.6 Å². The summed E-state index contributed by atoms with van der Waals surface area (Å²) >= 11 is 7.63. The van der Waals surface area contributed by atoms with E-state index in [1.165, 1.54) is 5.56 Å². The van der Waals surface area contributed by atoms with Crippen molar-refractivity contribution in [2.75, 3.05) is 25.0 Å². The summed E-state index contributed by atoms with van der Waals surface area (Å²) in [6.45, 7) is 3.00. The van der Waals surface area contributed by atoms with Crippen LogP contribution in [-0.4, -0.2) is 40.4 Å². The maximum atomic E-state index is 13.0. The minimum Gasteiger partial charge on any atom is -0.320 e. The third-order valence-electron chi connectivity index (χ3n) is 6.40. The fraction of sp³-hybridized carbons (Fsp3) is 0.207. The molecule has 1 aliphatic heterocycles. The summed E-state index contributed by atoms with van der Waals surface area (Å²) in [5.41, 5.74) is 4.35. The van der Waals surface area contributed by atoms with E-state index in [4.69, 9.17) is 16.6 Å². The van der Waals surface area contributed by atoms with Crippen molar-refractivity contribution in [2.45, 2.75) is 18.8 Å². The molecule has 0 atom stereocenters. The van der Waals surface area contributed by atoms with E-state index in [0.29, 0.717) is 16.6 Å². The largest absolute Gasteiger partial charge is 0.320 e. The molecule has 4 aromatic rings. The van der Waals surface area contributed by atoms with E-state index in [1.54, 1.807) is 11.3 Å². The fourth-order valence-corrected chi connectivity index (χ4v) is 5.51. The van der Waals surface area contributed by atoms with Crippen molar-refractivity contribution in [1.82, 2.24) is 14.9 Å². The molecule has 2 aromatic carbocycles. The summed E-state index contributed by atoms with van der Waals surface area (Å²) < 4.78 is 0. The van der Waals surface area contributed by atoms with Crippen LogP contribution < -0.4 is 5.32 Å². The standard InChI is InChI=1S/C29H27ClN4OS/c30-24-9-7-22(8-10-24)25-5-1-2-6-26(25)32-28(35)27-20-36-29(33-27)23-13-18-34(19-14-23)17-3-4-21-11-15-31-16-12-21/h1-12,15-16,20,23H,13-14,17-19H2,(H,32,35). The molecule has 182 valence electrons. The molecule has 0 unspecified atom stereocenters. The average Bonchev–Trinajstić information content (AvgIpc) is 3.41. The molecule has 1 aliphatic rings. The molecule has 2 aromatic heterocycles. The van der Waals surface area contributed by atoms with Gasteiger partial charge in [-0.3, -0.25) is 14.7 Å². The highest BCUT2D eigenvalue weighted by Crippen LogP contribution is 2.32. The molecule has 5 nitrogen and oxygen atoms in total. The van der Waals surface area contributed by atoms with Gasteiger partial charge in [-0.15, -0.1) is 11.3 Å². The van der Waals surface area contributed by atoms with Crippen LogP contribution in [0, 0.1) is 0 Å². The lowest BCUT2D eigenvalue weighted by molar-refractivity contribution is 0.102. The summed E-state index contributed by atoms with van der Waals surface area (Å²) in [4.78, 5) is 24.3. The molecule has 36 heavy (non-hydrogen) atoms. The number of thiazole rings is 1. The predicted octanol–water partition coefficient (Wildman–Crippen LogP) is 7.00. The normalized spacial score (nSPS) is 14.8. The van der Waals surface area contributed by atoms with Gasteiger partial charge in [0.15, 0.2) is 0 Å². The monoisotopic (exact) mass is 514 g/mol. The lowest BCUT2D eigenvalue weighted by Crippen LogP contribution is -2.33. The number of hydrogen-bond acceptors (Lipinski definition) is 5. The maximum Gasteiger partial charge on any atom is 0.275 e. The number of rotatable bonds is 7. The first kappa shape index (κ1) is 24.4. The number of para-hydroxylation sites is 1. The van der Waals surface area contributed by atoms with E-state index < -0.39 is 0 Å². The third-order valence-corrected chi connectivity index (χ3v) is 7.66. The topological polar surface area (TPSA) is 58.1 Å².